The third-order valence-corrected chi connectivity index (χ3v) is 3.60. The maximum absolute atomic E-state index is 12.1. The topological polar surface area (TPSA) is 114 Å². The van der Waals surface area contributed by atoms with Crippen LogP contribution in [-0.4, -0.2) is 45.5 Å². The molecule has 0 radical (unpaired) electrons. The number of pyridine rings is 2. The van der Waals surface area contributed by atoms with E-state index >= 15 is 0 Å². The lowest BCUT2D eigenvalue weighted by molar-refractivity contribution is 0.0954. The van der Waals surface area contributed by atoms with Crippen LogP contribution in [0.4, 0.5) is 17.5 Å². The first kappa shape index (κ1) is 19.0. The van der Waals surface area contributed by atoms with E-state index in [2.05, 4.69) is 35.9 Å². The van der Waals surface area contributed by atoms with Crippen molar-refractivity contribution >= 4 is 23.4 Å². The Hall–Kier alpha value is -3.75. The first-order valence-corrected chi connectivity index (χ1v) is 8.85. The number of nitrogens with zero attached hydrogens (tertiary/aromatic N) is 4. The minimum atomic E-state index is -0.197. The number of amides is 1. The number of carbonyl (C=O) groups excluding carboxylic acids is 1. The standard InChI is InChI=1S/C19H21N7O2/c1-2-28-18-7-6-14(12-23-18)19(27)22-10-9-21-16-11-17(25-13-24-16)26-15-5-3-4-8-20-15/h3-8,11-13H,2,9-10H2,1H3,(H,22,27)(H2,20,21,24,25,26). The molecule has 0 aliphatic heterocycles. The number of carbonyl (C=O) groups is 1. The summed E-state index contributed by atoms with van der Waals surface area (Å²) in [5, 5.41) is 9.06. The summed E-state index contributed by atoms with van der Waals surface area (Å²) in [5.41, 5.74) is 0.479. The molecule has 3 rings (SSSR count). The van der Waals surface area contributed by atoms with Gasteiger partial charge < -0.3 is 20.7 Å². The lowest BCUT2D eigenvalue weighted by Crippen LogP contribution is -2.29. The van der Waals surface area contributed by atoms with Gasteiger partial charge in [-0.3, -0.25) is 4.79 Å². The van der Waals surface area contributed by atoms with Gasteiger partial charge in [0, 0.05) is 37.6 Å². The number of hydrogen-bond donors (Lipinski definition) is 3. The van der Waals surface area contributed by atoms with Gasteiger partial charge in [0.15, 0.2) is 0 Å². The summed E-state index contributed by atoms with van der Waals surface area (Å²) in [4.78, 5) is 28.7. The second-order valence-electron chi connectivity index (χ2n) is 5.63. The van der Waals surface area contributed by atoms with Gasteiger partial charge in [-0.15, -0.1) is 0 Å². The van der Waals surface area contributed by atoms with Gasteiger partial charge in [0.25, 0.3) is 5.91 Å². The van der Waals surface area contributed by atoms with Gasteiger partial charge in [-0.05, 0) is 25.1 Å². The van der Waals surface area contributed by atoms with Crippen LogP contribution in [0.5, 0.6) is 5.88 Å². The molecule has 0 aliphatic rings. The first-order chi connectivity index (χ1) is 13.7. The van der Waals surface area contributed by atoms with Crippen LogP contribution in [-0.2, 0) is 0 Å². The van der Waals surface area contributed by atoms with Crippen molar-refractivity contribution in [2.75, 3.05) is 30.3 Å². The number of rotatable bonds is 9. The minimum absolute atomic E-state index is 0.197. The molecule has 3 aromatic heterocycles. The normalized spacial score (nSPS) is 10.2. The quantitative estimate of drug-likeness (QED) is 0.485. The summed E-state index contributed by atoms with van der Waals surface area (Å²) in [6.07, 6.45) is 4.65. The Labute approximate surface area is 162 Å². The van der Waals surface area contributed by atoms with Gasteiger partial charge in [0.1, 0.15) is 23.8 Å². The van der Waals surface area contributed by atoms with Crippen molar-refractivity contribution in [1.82, 2.24) is 25.3 Å². The van der Waals surface area contributed by atoms with E-state index in [0.29, 0.717) is 48.6 Å². The van der Waals surface area contributed by atoms with Crippen LogP contribution in [0, 0.1) is 0 Å². The van der Waals surface area contributed by atoms with E-state index in [9.17, 15) is 4.79 Å². The predicted octanol–water partition coefficient (Wildman–Crippen LogP) is 2.25. The van der Waals surface area contributed by atoms with E-state index in [1.165, 1.54) is 12.5 Å². The Bertz CT molecular complexity index is 888. The van der Waals surface area contributed by atoms with E-state index in [4.69, 9.17) is 4.74 Å². The van der Waals surface area contributed by atoms with Crippen LogP contribution in [0.25, 0.3) is 0 Å². The highest BCUT2D eigenvalue weighted by atomic mass is 16.5. The maximum Gasteiger partial charge on any atom is 0.252 e. The lowest BCUT2D eigenvalue weighted by atomic mass is 10.2. The zero-order valence-corrected chi connectivity index (χ0v) is 15.4. The van der Waals surface area contributed by atoms with E-state index in [1.807, 2.05) is 25.1 Å². The fourth-order valence-corrected chi connectivity index (χ4v) is 2.31. The Morgan fingerprint density at radius 3 is 2.64 bits per heavy atom. The molecular weight excluding hydrogens is 358 g/mol. The summed E-state index contributed by atoms with van der Waals surface area (Å²) >= 11 is 0. The number of nitrogens with one attached hydrogen (secondary N) is 3. The van der Waals surface area contributed by atoms with Crippen molar-refractivity contribution in [2.24, 2.45) is 0 Å². The zero-order chi connectivity index (χ0) is 19.6. The number of anilines is 3. The van der Waals surface area contributed by atoms with Gasteiger partial charge in [0.2, 0.25) is 5.88 Å². The molecule has 144 valence electrons. The summed E-state index contributed by atoms with van der Waals surface area (Å²) in [6.45, 7) is 3.35. The van der Waals surface area contributed by atoms with Crippen LogP contribution in [0.3, 0.4) is 0 Å². The first-order valence-electron chi connectivity index (χ1n) is 8.85. The second kappa shape index (κ2) is 9.81. The molecule has 0 aliphatic carbocycles. The average Bonchev–Trinajstić information content (AvgIpc) is 2.73. The highest BCUT2D eigenvalue weighted by molar-refractivity contribution is 5.93. The maximum atomic E-state index is 12.1. The number of hydrogen-bond acceptors (Lipinski definition) is 8. The minimum Gasteiger partial charge on any atom is -0.478 e. The van der Waals surface area contributed by atoms with Gasteiger partial charge in [-0.1, -0.05) is 6.07 Å². The summed E-state index contributed by atoms with van der Waals surface area (Å²) in [6, 6.07) is 10.7. The molecule has 0 fully saturated rings. The van der Waals surface area contributed by atoms with E-state index in [-0.39, 0.29) is 5.91 Å². The number of aromatic nitrogens is 4. The van der Waals surface area contributed by atoms with E-state index < -0.39 is 0 Å². The van der Waals surface area contributed by atoms with Crippen molar-refractivity contribution in [2.45, 2.75) is 6.92 Å². The molecule has 0 atom stereocenters. The predicted molar refractivity (Wildman–Crippen MR) is 106 cm³/mol. The van der Waals surface area contributed by atoms with Crippen LogP contribution in [0.2, 0.25) is 0 Å². The van der Waals surface area contributed by atoms with Crippen molar-refractivity contribution in [1.29, 1.82) is 0 Å². The molecule has 3 heterocycles. The van der Waals surface area contributed by atoms with Crippen LogP contribution < -0.4 is 20.7 Å². The SMILES string of the molecule is CCOc1ccc(C(=O)NCCNc2cc(Nc3ccccn3)ncn2)cn1. The van der Waals surface area contributed by atoms with Crippen LogP contribution >= 0.6 is 0 Å². The molecule has 0 spiro atoms. The Kier molecular flexibility index (Phi) is 6.67. The van der Waals surface area contributed by atoms with E-state index in [0.717, 1.165) is 0 Å². The average molecular weight is 379 g/mol. The largest absolute Gasteiger partial charge is 0.478 e. The third-order valence-electron chi connectivity index (χ3n) is 3.60. The summed E-state index contributed by atoms with van der Waals surface area (Å²) in [5.74, 6) is 2.27. The van der Waals surface area contributed by atoms with Crippen molar-refractivity contribution < 1.29 is 9.53 Å². The molecule has 0 saturated carbocycles. The smallest absolute Gasteiger partial charge is 0.252 e. The highest BCUT2D eigenvalue weighted by Gasteiger charge is 2.06. The highest BCUT2D eigenvalue weighted by Crippen LogP contribution is 2.13. The molecule has 9 heteroatoms. The third kappa shape index (κ3) is 5.63. The monoisotopic (exact) mass is 379 g/mol. The molecule has 0 aromatic carbocycles. The van der Waals surface area contributed by atoms with Crippen LogP contribution in [0.15, 0.2) is 55.1 Å². The fourth-order valence-electron chi connectivity index (χ4n) is 2.31. The molecule has 3 aromatic rings. The summed E-state index contributed by atoms with van der Waals surface area (Å²) < 4.78 is 5.26. The zero-order valence-electron chi connectivity index (χ0n) is 15.4. The Morgan fingerprint density at radius 1 is 1.00 bits per heavy atom. The Morgan fingerprint density at radius 2 is 1.89 bits per heavy atom. The fraction of sp³-hybridized carbons (Fsp3) is 0.211. The molecule has 9 nitrogen and oxygen atoms in total. The van der Waals surface area contributed by atoms with Gasteiger partial charge >= 0.3 is 0 Å². The van der Waals surface area contributed by atoms with Crippen molar-refractivity contribution in [3.05, 3.63) is 60.7 Å². The molecule has 1 amide bonds. The van der Waals surface area contributed by atoms with Crippen LogP contribution in [0.1, 0.15) is 17.3 Å². The molecule has 0 saturated heterocycles. The molecule has 0 unspecified atom stereocenters. The van der Waals surface area contributed by atoms with Crippen molar-refractivity contribution in [3.8, 4) is 5.88 Å². The second-order valence-corrected chi connectivity index (χ2v) is 5.63. The van der Waals surface area contributed by atoms with Gasteiger partial charge in [-0.2, -0.15) is 0 Å². The van der Waals surface area contributed by atoms with Crippen molar-refractivity contribution in [3.63, 3.8) is 0 Å². The molecule has 28 heavy (non-hydrogen) atoms. The molecule has 0 bridgehead atoms. The van der Waals surface area contributed by atoms with Gasteiger partial charge in [-0.25, -0.2) is 19.9 Å². The Balaban J connectivity index is 1.44. The molecule has 3 N–H and O–H groups in total. The number of ether oxygens (including phenoxy) is 1. The molecular formula is C19H21N7O2. The van der Waals surface area contributed by atoms with Gasteiger partial charge in [0.05, 0.1) is 12.2 Å². The lowest BCUT2D eigenvalue weighted by Gasteiger charge is -2.09. The summed E-state index contributed by atoms with van der Waals surface area (Å²) in [7, 11) is 0. The van der Waals surface area contributed by atoms with E-state index in [1.54, 1.807) is 24.4 Å².